The van der Waals surface area contributed by atoms with Crippen LogP contribution in [0.4, 0.5) is 5.82 Å². The topological polar surface area (TPSA) is 67.2 Å². The maximum absolute atomic E-state index is 12.6. The summed E-state index contributed by atoms with van der Waals surface area (Å²) in [5.74, 6) is 1.07. The van der Waals surface area contributed by atoms with Crippen molar-refractivity contribution in [3.05, 3.63) is 35.2 Å². The Hall–Kier alpha value is -2.15. The van der Waals surface area contributed by atoms with E-state index in [1.165, 1.54) is 0 Å². The molecule has 128 valence electrons. The van der Waals surface area contributed by atoms with Gasteiger partial charge in [0, 0.05) is 51.4 Å². The van der Waals surface area contributed by atoms with Gasteiger partial charge in [0.05, 0.1) is 6.20 Å². The molecule has 24 heavy (non-hydrogen) atoms. The van der Waals surface area contributed by atoms with Gasteiger partial charge in [0.2, 0.25) is 5.91 Å². The van der Waals surface area contributed by atoms with Gasteiger partial charge in [-0.3, -0.25) is 9.48 Å². The summed E-state index contributed by atoms with van der Waals surface area (Å²) < 4.78 is 1.75. The zero-order chi connectivity index (χ0) is 17.1. The van der Waals surface area contributed by atoms with Crippen molar-refractivity contribution >= 4 is 23.3 Å². The predicted octanol–water partition coefficient (Wildman–Crippen LogP) is 1.74. The van der Waals surface area contributed by atoms with E-state index >= 15 is 0 Å². The lowest BCUT2D eigenvalue weighted by atomic mass is 9.95. The number of aryl methyl sites for hydroxylation is 1. The average Bonchev–Trinajstić information content (AvgIpc) is 3.00. The van der Waals surface area contributed by atoms with Crippen LogP contribution in [0.2, 0.25) is 5.15 Å². The lowest BCUT2D eigenvalue weighted by molar-refractivity contribution is -0.135. The summed E-state index contributed by atoms with van der Waals surface area (Å²) in [6.45, 7) is 2.19. The highest BCUT2D eigenvalue weighted by atomic mass is 35.5. The Balaban J connectivity index is 1.53. The maximum atomic E-state index is 12.6. The SMILES string of the molecule is CN(Cc1cnn(C)c1)C(=O)C1CCN(c2ccc(Cl)nn2)CC1. The summed E-state index contributed by atoms with van der Waals surface area (Å²) in [5, 5.41) is 12.5. The molecule has 1 fully saturated rings. The molecule has 3 heterocycles. The molecule has 7 nitrogen and oxygen atoms in total. The molecule has 1 saturated heterocycles. The number of aromatic nitrogens is 4. The first kappa shape index (κ1) is 16.7. The second-order valence-corrected chi connectivity index (χ2v) is 6.58. The highest BCUT2D eigenvalue weighted by molar-refractivity contribution is 6.29. The van der Waals surface area contributed by atoms with Crippen LogP contribution in [0, 0.1) is 5.92 Å². The predicted molar refractivity (Wildman–Crippen MR) is 91.7 cm³/mol. The minimum absolute atomic E-state index is 0.0585. The first-order chi connectivity index (χ1) is 11.5. The lowest BCUT2D eigenvalue weighted by Gasteiger charge is -2.33. The van der Waals surface area contributed by atoms with Gasteiger partial charge in [-0.25, -0.2) is 0 Å². The Bertz CT molecular complexity index is 693. The zero-order valence-corrected chi connectivity index (χ0v) is 14.6. The van der Waals surface area contributed by atoms with Crippen molar-refractivity contribution in [2.75, 3.05) is 25.0 Å². The van der Waals surface area contributed by atoms with Gasteiger partial charge < -0.3 is 9.80 Å². The van der Waals surface area contributed by atoms with Crippen molar-refractivity contribution in [3.63, 3.8) is 0 Å². The Kier molecular flexibility index (Phi) is 4.99. The highest BCUT2D eigenvalue weighted by Crippen LogP contribution is 2.23. The van der Waals surface area contributed by atoms with Gasteiger partial charge in [-0.15, -0.1) is 10.2 Å². The molecular weight excluding hydrogens is 328 g/mol. The van der Waals surface area contributed by atoms with Crippen LogP contribution in [0.5, 0.6) is 0 Å². The fraction of sp³-hybridized carbons (Fsp3) is 0.500. The molecular formula is C16H21ClN6O. The van der Waals surface area contributed by atoms with E-state index in [-0.39, 0.29) is 11.8 Å². The molecule has 0 spiro atoms. The minimum atomic E-state index is 0.0585. The van der Waals surface area contributed by atoms with Crippen LogP contribution in [0.3, 0.4) is 0 Å². The van der Waals surface area contributed by atoms with E-state index in [0.717, 1.165) is 37.3 Å². The molecule has 0 unspecified atom stereocenters. The van der Waals surface area contributed by atoms with E-state index in [1.54, 1.807) is 21.8 Å². The van der Waals surface area contributed by atoms with Gasteiger partial charge in [-0.05, 0) is 25.0 Å². The van der Waals surface area contributed by atoms with E-state index in [1.807, 2.05) is 26.4 Å². The highest BCUT2D eigenvalue weighted by Gasteiger charge is 2.28. The van der Waals surface area contributed by atoms with Crippen LogP contribution in [-0.2, 0) is 18.4 Å². The van der Waals surface area contributed by atoms with Crippen LogP contribution in [0.1, 0.15) is 18.4 Å². The summed E-state index contributed by atoms with van der Waals surface area (Å²) in [4.78, 5) is 16.6. The smallest absolute Gasteiger partial charge is 0.225 e. The number of amides is 1. The van der Waals surface area contributed by atoms with E-state index in [4.69, 9.17) is 11.6 Å². The third kappa shape index (κ3) is 3.84. The van der Waals surface area contributed by atoms with Crippen molar-refractivity contribution in [3.8, 4) is 0 Å². The first-order valence-electron chi connectivity index (χ1n) is 7.99. The Morgan fingerprint density at radius 1 is 1.33 bits per heavy atom. The van der Waals surface area contributed by atoms with E-state index in [2.05, 4.69) is 20.2 Å². The molecule has 0 N–H and O–H groups in total. The molecule has 2 aromatic rings. The number of rotatable bonds is 4. The summed E-state index contributed by atoms with van der Waals surface area (Å²) in [6, 6.07) is 3.61. The van der Waals surface area contributed by atoms with Crippen molar-refractivity contribution in [1.82, 2.24) is 24.9 Å². The normalized spacial score (nSPS) is 15.5. The second kappa shape index (κ2) is 7.17. The van der Waals surface area contributed by atoms with Crippen molar-refractivity contribution < 1.29 is 4.79 Å². The number of piperidine rings is 1. The molecule has 0 aromatic carbocycles. The van der Waals surface area contributed by atoms with Gasteiger partial charge in [-0.2, -0.15) is 5.10 Å². The zero-order valence-electron chi connectivity index (χ0n) is 13.9. The molecule has 1 aliphatic rings. The maximum Gasteiger partial charge on any atom is 0.225 e. The quantitative estimate of drug-likeness (QED) is 0.842. The molecule has 0 radical (unpaired) electrons. The average molecular weight is 349 g/mol. The summed E-state index contributed by atoms with van der Waals surface area (Å²) in [5.41, 5.74) is 1.04. The Labute approximate surface area is 146 Å². The fourth-order valence-corrected chi connectivity index (χ4v) is 3.15. The number of hydrogen-bond donors (Lipinski definition) is 0. The molecule has 0 saturated carbocycles. The first-order valence-corrected chi connectivity index (χ1v) is 8.37. The molecule has 2 aromatic heterocycles. The lowest BCUT2D eigenvalue weighted by Crippen LogP contribution is -2.41. The van der Waals surface area contributed by atoms with Gasteiger partial charge in [-0.1, -0.05) is 11.6 Å². The molecule has 0 bridgehead atoms. The van der Waals surface area contributed by atoms with Gasteiger partial charge in [0.25, 0.3) is 0 Å². The number of carbonyl (C=O) groups excluding carboxylic acids is 1. The number of nitrogens with zero attached hydrogens (tertiary/aromatic N) is 6. The van der Waals surface area contributed by atoms with Gasteiger partial charge >= 0.3 is 0 Å². The van der Waals surface area contributed by atoms with Gasteiger partial charge in [0.15, 0.2) is 11.0 Å². The fourth-order valence-electron chi connectivity index (χ4n) is 3.05. The minimum Gasteiger partial charge on any atom is -0.355 e. The molecule has 8 heteroatoms. The van der Waals surface area contributed by atoms with E-state index in [0.29, 0.717) is 11.7 Å². The van der Waals surface area contributed by atoms with Crippen LogP contribution < -0.4 is 4.90 Å². The number of hydrogen-bond acceptors (Lipinski definition) is 5. The summed E-state index contributed by atoms with van der Waals surface area (Å²) in [7, 11) is 3.73. The number of anilines is 1. The standard InChI is InChI=1S/C16H21ClN6O/c1-21(10-12-9-18-22(2)11-12)16(24)13-5-7-23(8-6-13)15-4-3-14(17)19-20-15/h3-4,9,11,13H,5-8,10H2,1-2H3. The van der Waals surface area contributed by atoms with E-state index < -0.39 is 0 Å². The van der Waals surface area contributed by atoms with Crippen LogP contribution in [0.15, 0.2) is 24.5 Å². The Morgan fingerprint density at radius 3 is 2.67 bits per heavy atom. The number of halogens is 1. The summed E-state index contributed by atoms with van der Waals surface area (Å²) >= 11 is 5.77. The van der Waals surface area contributed by atoms with Crippen LogP contribution in [-0.4, -0.2) is 50.9 Å². The van der Waals surface area contributed by atoms with Crippen molar-refractivity contribution in [1.29, 1.82) is 0 Å². The molecule has 3 rings (SSSR count). The van der Waals surface area contributed by atoms with Crippen LogP contribution >= 0.6 is 11.6 Å². The third-order valence-electron chi connectivity index (χ3n) is 4.34. The molecule has 0 atom stereocenters. The second-order valence-electron chi connectivity index (χ2n) is 6.19. The van der Waals surface area contributed by atoms with E-state index in [9.17, 15) is 4.79 Å². The summed E-state index contributed by atoms with van der Waals surface area (Å²) in [6.07, 6.45) is 5.37. The van der Waals surface area contributed by atoms with Crippen molar-refractivity contribution in [2.45, 2.75) is 19.4 Å². The molecule has 1 aliphatic heterocycles. The monoisotopic (exact) mass is 348 g/mol. The van der Waals surface area contributed by atoms with Crippen LogP contribution in [0.25, 0.3) is 0 Å². The third-order valence-corrected chi connectivity index (χ3v) is 4.54. The van der Waals surface area contributed by atoms with Crippen molar-refractivity contribution in [2.24, 2.45) is 13.0 Å². The number of carbonyl (C=O) groups is 1. The molecule has 1 amide bonds. The molecule has 0 aliphatic carbocycles. The largest absolute Gasteiger partial charge is 0.355 e. The van der Waals surface area contributed by atoms with Gasteiger partial charge in [0.1, 0.15) is 0 Å². The Morgan fingerprint density at radius 2 is 2.08 bits per heavy atom.